The number of nitrogens with zero attached hydrogens (tertiary/aromatic N) is 1. The summed E-state index contributed by atoms with van der Waals surface area (Å²) < 4.78 is 2.10. The molecule has 1 saturated carbocycles. The first kappa shape index (κ1) is 8.97. The molecular formula is C11H15N3O. The zero-order valence-electron chi connectivity index (χ0n) is 8.57. The minimum Gasteiger partial charge on any atom is -0.345 e. The van der Waals surface area contributed by atoms with Gasteiger partial charge in [-0.1, -0.05) is 0 Å². The van der Waals surface area contributed by atoms with Gasteiger partial charge in [0.15, 0.2) is 0 Å². The van der Waals surface area contributed by atoms with Crippen LogP contribution in [0.4, 0.5) is 0 Å². The van der Waals surface area contributed by atoms with E-state index in [0.717, 1.165) is 18.8 Å². The maximum Gasteiger partial charge on any atom is 0.268 e. The average Bonchev–Trinajstić information content (AvgIpc) is 2.90. The summed E-state index contributed by atoms with van der Waals surface area (Å²) in [5, 5.41) is 6.16. The van der Waals surface area contributed by atoms with Crippen molar-refractivity contribution in [3.63, 3.8) is 0 Å². The molecule has 2 aliphatic rings. The predicted molar refractivity (Wildman–Crippen MR) is 56.8 cm³/mol. The minimum atomic E-state index is 0.0680. The molecule has 0 aromatic carbocycles. The monoisotopic (exact) mass is 205 g/mol. The molecule has 1 aliphatic heterocycles. The molecule has 2 heterocycles. The Morgan fingerprint density at radius 2 is 2.27 bits per heavy atom. The van der Waals surface area contributed by atoms with Crippen LogP contribution < -0.4 is 10.6 Å². The van der Waals surface area contributed by atoms with Gasteiger partial charge in [-0.3, -0.25) is 4.79 Å². The molecule has 1 saturated heterocycles. The lowest BCUT2D eigenvalue weighted by Crippen LogP contribution is -2.57. The number of carbonyl (C=O) groups is 1. The standard InChI is InChI=1S/C11H15N3O/c15-11(13-8-6-12-7-8)10-2-1-5-14(10)9-3-4-9/h1-2,5,8-9,12H,3-4,6-7H2,(H,13,15). The summed E-state index contributed by atoms with van der Waals surface area (Å²) in [4.78, 5) is 11.9. The van der Waals surface area contributed by atoms with Crippen molar-refractivity contribution in [2.75, 3.05) is 13.1 Å². The van der Waals surface area contributed by atoms with Gasteiger partial charge in [-0.05, 0) is 25.0 Å². The van der Waals surface area contributed by atoms with E-state index in [1.165, 1.54) is 12.8 Å². The van der Waals surface area contributed by atoms with Crippen LogP contribution in [0, 0.1) is 0 Å². The third-order valence-corrected chi connectivity index (χ3v) is 3.07. The van der Waals surface area contributed by atoms with E-state index in [1.807, 2.05) is 18.3 Å². The fourth-order valence-corrected chi connectivity index (χ4v) is 1.91. The Morgan fingerprint density at radius 1 is 1.47 bits per heavy atom. The number of hydrogen-bond donors (Lipinski definition) is 2. The Hall–Kier alpha value is -1.29. The van der Waals surface area contributed by atoms with Gasteiger partial charge in [0.1, 0.15) is 5.69 Å². The molecule has 1 aliphatic carbocycles. The number of amides is 1. The molecule has 0 atom stereocenters. The van der Waals surface area contributed by atoms with Gasteiger partial charge in [0, 0.05) is 25.3 Å². The van der Waals surface area contributed by atoms with Crippen molar-refractivity contribution in [2.24, 2.45) is 0 Å². The molecule has 0 radical (unpaired) electrons. The number of aromatic nitrogens is 1. The summed E-state index contributed by atoms with van der Waals surface area (Å²) >= 11 is 0. The lowest BCUT2D eigenvalue weighted by Gasteiger charge is -2.28. The molecule has 0 unspecified atom stereocenters. The highest BCUT2D eigenvalue weighted by Gasteiger charge is 2.28. The normalized spacial score (nSPS) is 21.1. The minimum absolute atomic E-state index is 0.0680. The third-order valence-electron chi connectivity index (χ3n) is 3.07. The van der Waals surface area contributed by atoms with E-state index in [9.17, 15) is 4.79 Å². The van der Waals surface area contributed by atoms with E-state index in [2.05, 4.69) is 15.2 Å². The zero-order chi connectivity index (χ0) is 10.3. The van der Waals surface area contributed by atoms with Gasteiger partial charge in [0.25, 0.3) is 5.91 Å². The van der Waals surface area contributed by atoms with E-state index >= 15 is 0 Å². The SMILES string of the molecule is O=C(NC1CNC1)c1cccn1C1CC1. The van der Waals surface area contributed by atoms with Gasteiger partial charge < -0.3 is 15.2 Å². The molecule has 15 heavy (non-hydrogen) atoms. The Kier molecular flexibility index (Phi) is 2.02. The maximum absolute atomic E-state index is 11.9. The number of rotatable bonds is 3. The highest BCUT2D eigenvalue weighted by molar-refractivity contribution is 5.93. The zero-order valence-corrected chi connectivity index (χ0v) is 8.57. The topological polar surface area (TPSA) is 46.1 Å². The summed E-state index contributed by atoms with van der Waals surface area (Å²) in [6.45, 7) is 1.80. The summed E-state index contributed by atoms with van der Waals surface area (Å²) in [7, 11) is 0. The van der Waals surface area contributed by atoms with Crippen molar-refractivity contribution in [1.82, 2.24) is 15.2 Å². The van der Waals surface area contributed by atoms with Crippen LogP contribution >= 0.6 is 0 Å². The molecule has 1 aromatic heterocycles. The lowest BCUT2D eigenvalue weighted by atomic mass is 10.2. The number of carbonyl (C=O) groups excluding carboxylic acids is 1. The van der Waals surface area contributed by atoms with Crippen molar-refractivity contribution >= 4 is 5.91 Å². The molecule has 4 nitrogen and oxygen atoms in total. The molecule has 2 N–H and O–H groups in total. The van der Waals surface area contributed by atoms with Gasteiger partial charge in [-0.25, -0.2) is 0 Å². The quantitative estimate of drug-likeness (QED) is 0.756. The van der Waals surface area contributed by atoms with Crippen LogP contribution in [0.3, 0.4) is 0 Å². The maximum atomic E-state index is 11.9. The number of hydrogen-bond acceptors (Lipinski definition) is 2. The smallest absolute Gasteiger partial charge is 0.268 e. The predicted octanol–water partition coefficient (Wildman–Crippen LogP) is 0.525. The fourth-order valence-electron chi connectivity index (χ4n) is 1.91. The third kappa shape index (κ3) is 1.65. The summed E-state index contributed by atoms with van der Waals surface area (Å²) in [5.74, 6) is 0.0680. The Morgan fingerprint density at radius 3 is 2.87 bits per heavy atom. The molecule has 1 aromatic rings. The molecule has 0 spiro atoms. The highest BCUT2D eigenvalue weighted by atomic mass is 16.2. The largest absolute Gasteiger partial charge is 0.345 e. The van der Waals surface area contributed by atoms with Crippen LogP contribution in [0.1, 0.15) is 29.4 Å². The first-order valence-electron chi connectivity index (χ1n) is 5.53. The molecule has 3 rings (SSSR count). The van der Waals surface area contributed by atoms with Crippen molar-refractivity contribution in [3.05, 3.63) is 24.0 Å². The Labute approximate surface area is 88.7 Å². The van der Waals surface area contributed by atoms with Crippen LogP contribution in [-0.4, -0.2) is 29.6 Å². The van der Waals surface area contributed by atoms with Crippen molar-refractivity contribution < 1.29 is 4.79 Å². The van der Waals surface area contributed by atoms with Crippen molar-refractivity contribution in [1.29, 1.82) is 0 Å². The number of nitrogens with one attached hydrogen (secondary N) is 2. The van der Waals surface area contributed by atoms with Crippen molar-refractivity contribution in [3.8, 4) is 0 Å². The van der Waals surface area contributed by atoms with Crippen LogP contribution in [0.2, 0.25) is 0 Å². The first-order chi connectivity index (χ1) is 7.34. The van der Waals surface area contributed by atoms with E-state index in [1.54, 1.807) is 0 Å². The van der Waals surface area contributed by atoms with Crippen LogP contribution in [0.25, 0.3) is 0 Å². The van der Waals surface area contributed by atoms with Gasteiger partial charge in [-0.2, -0.15) is 0 Å². The molecule has 4 heteroatoms. The lowest BCUT2D eigenvalue weighted by molar-refractivity contribution is 0.0914. The van der Waals surface area contributed by atoms with E-state index in [0.29, 0.717) is 12.1 Å². The molecule has 0 bridgehead atoms. The van der Waals surface area contributed by atoms with Crippen molar-refractivity contribution in [2.45, 2.75) is 24.9 Å². The second-order valence-corrected chi connectivity index (χ2v) is 4.36. The summed E-state index contributed by atoms with van der Waals surface area (Å²) in [6, 6.07) is 4.74. The van der Waals surface area contributed by atoms with E-state index < -0.39 is 0 Å². The molecular weight excluding hydrogens is 190 g/mol. The van der Waals surface area contributed by atoms with Gasteiger partial charge in [0.2, 0.25) is 0 Å². The summed E-state index contributed by atoms with van der Waals surface area (Å²) in [6.07, 6.45) is 4.42. The summed E-state index contributed by atoms with van der Waals surface area (Å²) in [5.41, 5.74) is 0.810. The highest BCUT2D eigenvalue weighted by Crippen LogP contribution is 2.35. The van der Waals surface area contributed by atoms with Gasteiger partial charge in [-0.15, -0.1) is 0 Å². The van der Waals surface area contributed by atoms with Gasteiger partial charge in [0.05, 0.1) is 6.04 Å². The first-order valence-corrected chi connectivity index (χ1v) is 5.53. The Balaban J connectivity index is 1.72. The van der Waals surface area contributed by atoms with Crippen LogP contribution in [0.5, 0.6) is 0 Å². The van der Waals surface area contributed by atoms with Crippen LogP contribution in [0.15, 0.2) is 18.3 Å². The molecule has 1 amide bonds. The fraction of sp³-hybridized carbons (Fsp3) is 0.545. The van der Waals surface area contributed by atoms with Gasteiger partial charge >= 0.3 is 0 Å². The molecule has 80 valence electrons. The second kappa shape index (κ2) is 3.38. The van der Waals surface area contributed by atoms with E-state index in [4.69, 9.17) is 0 Å². The average molecular weight is 205 g/mol. The Bertz CT molecular complexity index is 377. The van der Waals surface area contributed by atoms with Crippen LogP contribution in [-0.2, 0) is 0 Å². The second-order valence-electron chi connectivity index (χ2n) is 4.36. The van der Waals surface area contributed by atoms with E-state index in [-0.39, 0.29) is 5.91 Å². The molecule has 2 fully saturated rings.